The van der Waals surface area contributed by atoms with E-state index in [0.29, 0.717) is 11.3 Å². The number of fused-ring (bicyclic) bond motifs is 1. The average molecular weight is 253 g/mol. The molecule has 0 saturated heterocycles. The van der Waals surface area contributed by atoms with Gasteiger partial charge in [0, 0.05) is 34.4 Å². The SMILES string of the molecule is COc1ccc2[nH]c(-c3cncnc3)c(C=O)c2c1. The maximum absolute atomic E-state index is 11.4. The van der Waals surface area contributed by atoms with Crippen molar-refractivity contribution in [3.05, 3.63) is 42.5 Å². The van der Waals surface area contributed by atoms with Crippen LogP contribution in [0.4, 0.5) is 0 Å². The predicted octanol–water partition coefficient (Wildman–Crippen LogP) is 2.45. The average Bonchev–Trinajstić information content (AvgIpc) is 2.85. The third kappa shape index (κ3) is 1.85. The summed E-state index contributed by atoms with van der Waals surface area (Å²) >= 11 is 0. The predicted molar refractivity (Wildman–Crippen MR) is 71.3 cm³/mol. The summed E-state index contributed by atoms with van der Waals surface area (Å²) in [5.41, 5.74) is 2.96. The molecule has 3 aromatic rings. The number of benzene rings is 1. The molecule has 5 nitrogen and oxygen atoms in total. The highest BCUT2D eigenvalue weighted by Gasteiger charge is 2.13. The van der Waals surface area contributed by atoms with Crippen LogP contribution in [0.1, 0.15) is 10.4 Å². The molecule has 0 fully saturated rings. The van der Waals surface area contributed by atoms with E-state index in [1.54, 1.807) is 19.5 Å². The van der Waals surface area contributed by atoms with E-state index in [0.717, 1.165) is 28.4 Å². The fourth-order valence-electron chi connectivity index (χ4n) is 2.10. The van der Waals surface area contributed by atoms with Crippen molar-refractivity contribution in [1.82, 2.24) is 15.0 Å². The number of hydrogen-bond donors (Lipinski definition) is 1. The Bertz CT molecular complexity index is 735. The van der Waals surface area contributed by atoms with E-state index in [9.17, 15) is 4.79 Å². The Kier molecular flexibility index (Phi) is 2.72. The van der Waals surface area contributed by atoms with Crippen LogP contribution in [0.5, 0.6) is 5.75 Å². The van der Waals surface area contributed by atoms with Gasteiger partial charge in [0.2, 0.25) is 0 Å². The molecule has 0 saturated carbocycles. The molecule has 0 aliphatic rings. The van der Waals surface area contributed by atoms with Gasteiger partial charge in [0.25, 0.3) is 0 Å². The van der Waals surface area contributed by atoms with Gasteiger partial charge in [-0.15, -0.1) is 0 Å². The van der Waals surface area contributed by atoms with Gasteiger partial charge in [-0.05, 0) is 18.2 Å². The molecule has 3 rings (SSSR count). The Labute approximate surface area is 109 Å². The van der Waals surface area contributed by atoms with Gasteiger partial charge in [0.1, 0.15) is 12.1 Å². The zero-order valence-electron chi connectivity index (χ0n) is 10.3. The molecule has 5 heteroatoms. The van der Waals surface area contributed by atoms with Crippen LogP contribution in [0.25, 0.3) is 22.2 Å². The van der Waals surface area contributed by atoms with Crippen molar-refractivity contribution in [2.45, 2.75) is 0 Å². The number of aromatic amines is 1. The fraction of sp³-hybridized carbons (Fsp3) is 0.0714. The Morgan fingerprint density at radius 2 is 2.05 bits per heavy atom. The molecule has 0 atom stereocenters. The molecule has 94 valence electrons. The molecule has 1 N–H and O–H groups in total. The van der Waals surface area contributed by atoms with Gasteiger partial charge in [-0.1, -0.05) is 0 Å². The summed E-state index contributed by atoms with van der Waals surface area (Å²) in [5, 5.41) is 0.827. The molecule has 1 aromatic carbocycles. The Hall–Kier alpha value is -2.69. The van der Waals surface area contributed by atoms with E-state index >= 15 is 0 Å². The first kappa shape index (κ1) is 11.4. The first-order valence-corrected chi connectivity index (χ1v) is 5.73. The van der Waals surface area contributed by atoms with Crippen molar-refractivity contribution in [1.29, 1.82) is 0 Å². The summed E-state index contributed by atoms with van der Waals surface area (Å²) in [6.07, 6.45) is 5.63. The summed E-state index contributed by atoms with van der Waals surface area (Å²) < 4.78 is 5.18. The number of hydrogen-bond acceptors (Lipinski definition) is 4. The number of aromatic nitrogens is 3. The maximum atomic E-state index is 11.4. The van der Waals surface area contributed by atoms with Gasteiger partial charge in [0.05, 0.1) is 12.8 Å². The smallest absolute Gasteiger partial charge is 0.152 e. The van der Waals surface area contributed by atoms with E-state index in [1.807, 2.05) is 18.2 Å². The van der Waals surface area contributed by atoms with E-state index in [1.165, 1.54) is 6.33 Å². The lowest BCUT2D eigenvalue weighted by atomic mass is 10.1. The van der Waals surface area contributed by atoms with Crippen LogP contribution >= 0.6 is 0 Å². The van der Waals surface area contributed by atoms with E-state index in [2.05, 4.69) is 15.0 Å². The van der Waals surface area contributed by atoms with Crippen molar-refractivity contribution in [3.8, 4) is 17.0 Å². The zero-order valence-corrected chi connectivity index (χ0v) is 10.3. The molecule has 0 unspecified atom stereocenters. The molecule has 0 radical (unpaired) electrons. The Balaban J connectivity index is 2.29. The highest BCUT2D eigenvalue weighted by Crippen LogP contribution is 2.30. The summed E-state index contributed by atoms with van der Waals surface area (Å²) in [6, 6.07) is 5.57. The fourth-order valence-corrected chi connectivity index (χ4v) is 2.10. The highest BCUT2D eigenvalue weighted by atomic mass is 16.5. The monoisotopic (exact) mass is 253 g/mol. The number of rotatable bonds is 3. The first-order valence-electron chi connectivity index (χ1n) is 5.73. The number of carbonyl (C=O) groups excluding carboxylic acids is 1. The zero-order chi connectivity index (χ0) is 13.2. The second kappa shape index (κ2) is 4.53. The highest BCUT2D eigenvalue weighted by molar-refractivity contribution is 6.04. The minimum atomic E-state index is 0.587. The number of H-pyrrole nitrogens is 1. The first-order chi connectivity index (χ1) is 9.33. The maximum Gasteiger partial charge on any atom is 0.152 e. The second-order valence-corrected chi connectivity index (χ2v) is 4.07. The summed E-state index contributed by atoms with van der Waals surface area (Å²) in [4.78, 5) is 22.5. The molecule has 0 spiro atoms. The molecular weight excluding hydrogens is 242 g/mol. The number of ether oxygens (including phenoxy) is 1. The minimum Gasteiger partial charge on any atom is -0.497 e. The van der Waals surface area contributed by atoms with Gasteiger partial charge in [0.15, 0.2) is 6.29 Å². The molecule has 2 aromatic heterocycles. The third-order valence-electron chi connectivity index (χ3n) is 3.01. The number of carbonyl (C=O) groups is 1. The van der Waals surface area contributed by atoms with Crippen LogP contribution in [-0.2, 0) is 0 Å². The molecule has 2 heterocycles. The quantitative estimate of drug-likeness (QED) is 0.728. The van der Waals surface area contributed by atoms with Gasteiger partial charge >= 0.3 is 0 Å². The van der Waals surface area contributed by atoms with Crippen molar-refractivity contribution >= 4 is 17.2 Å². The van der Waals surface area contributed by atoms with Crippen LogP contribution in [0.3, 0.4) is 0 Å². The van der Waals surface area contributed by atoms with Crippen LogP contribution in [0.2, 0.25) is 0 Å². The van der Waals surface area contributed by atoms with Crippen LogP contribution < -0.4 is 4.74 Å². The Morgan fingerprint density at radius 3 is 2.74 bits per heavy atom. The minimum absolute atomic E-state index is 0.587. The molecule has 0 aliphatic heterocycles. The van der Waals surface area contributed by atoms with Crippen molar-refractivity contribution in [2.24, 2.45) is 0 Å². The summed E-state index contributed by atoms with van der Waals surface area (Å²) in [5.74, 6) is 0.713. The van der Waals surface area contributed by atoms with Crippen molar-refractivity contribution in [2.75, 3.05) is 7.11 Å². The van der Waals surface area contributed by atoms with Crippen LogP contribution in [0, 0.1) is 0 Å². The number of nitrogens with zero attached hydrogens (tertiary/aromatic N) is 2. The lowest BCUT2D eigenvalue weighted by Gasteiger charge is -1.99. The van der Waals surface area contributed by atoms with Gasteiger partial charge < -0.3 is 9.72 Å². The molecule has 0 aliphatic carbocycles. The summed E-state index contributed by atoms with van der Waals surface area (Å²) in [6.45, 7) is 0. The van der Waals surface area contributed by atoms with Gasteiger partial charge in [-0.25, -0.2) is 9.97 Å². The van der Waals surface area contributed by atoms with Crippen LogP contribution in [-0.4, -0.2) is 28.3 Å². The number of methoxy groups -OCH3 is 1. The van der Waals surface area contributed by atoms with E-state index < -0.39 is 0 Å². The second-order valence-electron chi connectivity index (χ2n) is 4.07. The number of aldehydes is 1. The molecule has 0 bridgehead atoms. The van der Waals surface area contributed by atoms with Gasteiger partial charge in [-0.3, -0.25) is 4.79 Å². The van der Waals surface area contributed by atoms with Gasteiger partial charge in [-0.2, -0.15) is 0 Å². The largest absolute Gasteiger partial charge is 0.497 e. The number of nitrogens with one attached hydrogen (secondary N) is 1. The topological polar surface area (TPSA) is 67.9 Å². The summed E-state index contributed by atoms with van der Waals surface area (Å²) in [7, 11) is 1.60. The molecule has 19 heavy (non-hydrogen) atoms. The lowest BCUT2D eigenvalue weighted by Crippen LogP contribution is -1.87. The standard InChI is InChI=1S/C14H11N3O2/c1-19-10-2-3-13-11(4-10)12(7-18)14(17-13)9-5-15-8-16-6-9/h2-8,17H,1H3. The normalized spacial score (nSPS) is 10.6. The molecular formula is C14H11N3O2. The van der Waals surface area contributed by atoms with E-state index in [4.69, 9.17) is 4.74 Å². The molecule has 0 amide bonds. The van der Waals surface area contributed by atoms with Crippen molar-refractivity contribution < 1.29 is 9.53 Å². The van der Waals surface area contributed by atoms with E-state index in [-0.39, 0.29) is 0 Å². The van der Waals surface area contributed by atoms with Crippen molar-refractivity contribution in [3.63, 3.8) is 0 Å². The Morgan fingerprint density at radius 1 is 1.26 bits per heavy atom. The third-order valence-corrected chi connectivity index (χ3v) is 3.01. The lowest BCUT2D eigenvalue weighted by molar-refractivity contribution is 0.112. The van der Waals surface area contributed by atoms with Crippen LogP contribution in [0.15, 0.2) is 36.9 Å².